The molecule has 0 aliphatic rings. The minimum Gasteiger partial charge on any atom is -0.354 e. The highest BCUT2D eigenvalue weighted by Crippen LogP contribution is 2.25. The molecule has 3 rings (SSSR count). The number of nitrogens with one attached hydrogen (secondary N) is 2. The Morgan fingerprint density at radius 3 is 2.92 bits per heavy atom. The molecule has 0 saturated heterocycles. The monoisotopic (exact) mass is 376 g/mol. The molecule has 1 unspecified atom stereocenters. The summed E-state index contributed by atoms with van der Waals surface area (Å²) in [5.41, 5.74) is 0.578. The molecular formula is C17H17FN4OS2. The molecule has 2 heterocycles. The lowest BCUT2D eigenvalue weighted by molar-refractivity contribution is -0.123. The van der Waals surface area contributed by atoms with E-state index in [2.05, 4.69) is 15.5 Å². The molecule has 0 aliphatic carbocycles. The van der Waals surface area contributed by atoms with E-state index in [9.17, 15) is 9.18 Å². The number of nitrogens with zero attached hydrogens (tertiary/aromatic N) is 2. The zero-order valence-electron chi connectivity index (χ0n) is 13.5. The standard InChI is InChI=1S/C17H17FN4OS2/c1-11(16(23)19-9-8-12-5-2-3-6-13(12)18)22-15(20-21-17(22)24)14-7-4-10-25-14/h2-7,10-11H,8-9H2,1H3,(H,19,23)(H,21,24). The first-order valence-electron chi connectivity index (χ1n) is 7.80. The fraction of sp³-hybridized carbons (Fsp3) is 0.235. The van der Waals surface area contributed by atoms with Crippen LogP contribution in [0.2, 0.25) is 0 Å². The van der Waals surface area contributed by atoms with Gasteiger partial charge in [-0.1, -0.05) is 24.3 Å². The number of hydrogen-bond donors (Lipinski definition) is 2. The minimum atomic E-state index is -0.524. The summed E-state index contributed by atoms with van der Waals surface area (Å²) in [4.78, 5) is 13.4. The Morgan fingerprint density at radius 1 is 1.40 bits per heavy atom. The third kappa shape index (κ3) is 3.85. The van der Waals surface area contributed by atoms with Crippen molar-refractivity contribution in [2.24, 2.45) is 0 Å². The topological polar surface area (TPSA) is 62.7 Å². The number of amides is 1. The van der Waals surface area contributed by atoms with Crippen LogP contribution < -0.4 is 5.32 Å². The average molecular weight is 376 g/mol. The molecule has 0 aliphatic heterocycles. The fourth-order valence-corrected chi connectivity index (χ4v) is 3.53. The summed E-state index contributed by atoms with van der Waals surface area (Å²) in [6, 6.07) is 9.87. The molecule has 3 aromatic rings. The lowest BCUT2D eigenvalue weighted by Crippen LogP contribution is -2.33. The second kappa shape index (κ2) is 7.71. The number of H-pyrrole nitrogens is 1. The Balaban J connectivity index is 1.68. The number of hydrogen-bond acceptors (Lipinski definition) is 4. The van der Waals surface area contributed by atoms with Crippen LogP contribution in [0.4, 0.5) is 4.39 Å². The summed E-state index contributed by atoms with van der Waals surface area (Å²) in [5, 5.41) is 11.7. The Kier molecular flexibility index (Phi) is 5.40. The number of benzene rings is 1. The highest BCUT2D eigenvalue weighted by atomic mass is 32.1. The molecule has 25 heavy (non-hydrogen) atoms. The van der Waals surface area contributed by atoms with Crippen molar-refractivity contribution in [1.29, 1.82) is 0 Å². The molecule has 5 nitrogen and oxygen atoms in total. The van der Waals surface area contributed by atoms with E-state index in [1.165, 1.54) is 17.4 Å². The summed E-state index contributed by atoms with van der Waals surface area (Å²) in [7, 11) is 0. The molecule has 8 heteroatoms. The van der Waals surface area contributed by atoms with Gasteiger partial charge in [0.05, 0.1) is 4.88 Å². The average Bonchev–Trinajstić information content (AvgIpc) is 3.25. The number of carbonyl (C=O) groups excluding carboxylic acids is 1. The molecule has 0 fully saturated rings. The van der Waals surface area contributed by atoms with E-state index in [0.717, 1.165) is 4.88 Å². The van der Waals surface area contributed by atoms with Crippen molar-refractivity contribution in [2.75, 3.05) is 6.54 Å². The van der Waals surface area contributed by atoms with Crippen LogP contribution in [0.1, 0.15) is 18.5 Å². The van der Waals surface area contributed by atoms with E-state index in [4.69, 9.17) is 12.2 Å². The van der Waals surface area contributed by atoms with E-state index in [0.29, 0.717) is 29.1 Å². The van der Waals surface area contributed by atoms with Gasteiger partial charge in [0.1, 0.15) is 11.9 Å². The van der Waals surface area contributed by atoms with E-state index in [1.807, 2.05) is 17.5 Å². The summed E-state index contributed by atoms with van der Waals surface area (Å²) >= 11 is 6.79. The lowest BCUT2D eigenvalue weighted by atomic mass is 10.1. The molecule has 0 saturated carbocycles. The number of aromatic nitrogens is 3. The molecule has 130 valence electrons. The van der Waals surface area contributed by atoms with Gasteiger partial charge in [-0.05, 0) is 48.6 Å². The van der Waals surface area contributed by atoms with E-state index in [-0.39, 0.29) is 11.7 Å². The molecule has 1 aromatic carbocycles. The van der Waals surface area contributed by atoms with Crippen molar-refractivity contribution >= 4 is 29.5 Å². The maximum atomic E-state index is 13.6. The molecule has 0 bridgehead atoms. The first kappa shape index (κ1) is 17.5. The van der Waals surface area contributed by atoms with Crippen LogP contribution in [0.5, 0.6) is 0 Å². The largest absolute Gasteiger partial charge is 0.354 e. The van der Waals surface area contributed by atoms with Gasteiger partial charge in [0.2, 0.25) is 5.91 Å². The van der Waals surface area contributed by atoms with Crippen LogP contribution >= 0.6 is 23.6 Å². The Morgan fingerprint density at radius 2 is 2.20 bits per heavy atom. The molecule has 0 radical (unpaired) electrons. The highest BCUT2D eigenvalue weighted by Gasteiger charge is 2.21. The SMILES string of the molecule is CC(C(=O)NCCc1ccccc1F)n1c(-c2cccs2)n[nH]c1=S. The van der Waals surface area contributed by atoms with Crippen LogP contribution in [-0.4, -0.2) is 27.2 Å². The quantitative estimate of drug-likeness (QED) is 0.645. The van der Waals surface area contributed by atoms with Crippen molar-refractivity contribution in [3.63, 3.8) is 0 Å². The minimum absolute atomic E-state index is 0.188. The maximum Gasteiger partial charge on any atom is 0.242 e. The predicted octanol–water partition coefficient (Wildman–Crippen LogP) is 3.73. The third-order valence-corrected chi connectivity index (χ3v) is 5.02. The van der Waals surface area contributed by atoms with Gasteiger partial charge in [0, 0.05) is 6.54 Å². The van der Waals surface area contributed by atoms with Gasteiger partial charge in [0.15, 0.2) is 10.6 Å². The van der Waals surface area contributed by atoms with Gasteiger partial charge in [0.25, 0.3) is 0 Å². The predicted molar refractivity (Wildman–Crippen MR) is 98.5 cm³/mol. The molecular weight excluding hydrogens is 359 g/mol. The smallest absolute Gasteiger partial charge is 0.242 e. The summed E-state index contributed by atoms with van der Waals surface area (Å²) in [5.74, 6) is 0.185. The Hall–Kier alpha value is -2.32. The van der Waals surface area contributed by atoms with Crippen molar-refractivity contribution in [3.05, 3.63) is 57.9 Å². The molecule has 1 amide bonds. The lowest BCUT2D eigenvalue weighted by Gasteiger charge is -2.15. The second-order valence-corrected chi connectivity index (χ2v) is 6.84. The van der Waals surface area contributed by atoms with Crippen molar-refractivity contribution in [1.82, 2.24) is 20.1 Å². The molecule has 1 atom stereocenters. The molecule has 2 aromatic heterocycles. The van der Waals surface area contributed by atoms with Gasteiger partial charge < -0.3 is 5.32 Å². The Bertz CT molecular complexity index is 917. The van der Waals surface area contributed by atoms with Crippen LogP contribution in [0.3, 0.4) is 0 Å². The zero-order chi connectivity index (χ0) is 17.8. The first-order valence-corrected chi connectivity index (χ1v) is 9.08. The van der Waals surface area contributed by atoms with Crippen LogP contribution in [0, 0.1) is 10.6 Å². The van der Waals surface area contributed by atoms with Crippen molar-refractivity contribution in [2.45, 2.75) is 19.4 Å². The van der Waals surface area contributed by atoms with Crippen LogP contribution in [-0.2, 0) is 11.2 Å². The van der Waals surface area contributed by atoms with Crippen LogP contribution in [0.15, 0.2) is 41.8 Å². The van der Waals surface area contributed by atoms with Crippen LogP contribution in [0.25, 0.3) is 10.7 Å². The second-order valence-electron chi connectivity index (χ2n) is 5.51. The van der Waals surface area contributed by atoms with Crippen molar-refractivity contribution < 1.29 is 9.18 Å². The molecule has 2 N–H and O–H groups in total. The van der Waals surface area contributed by atoms with Crippen molar-refractivity contribution in [3.8, 4) is 10.7 Å². The number of aromatic amines is 1. The van der Waals surface area contributed by atoms with Gasteiger partial charge >= 0.3 is 0 Å². The first-order chi connectivity index (χ1) is 12.1. The number of carbonyl (C=O) groups is 1. The Labute approximate surface area is 153 Å². The zero-order valence-corrected chi connectivity index (χ0v) is 15.2. The fourth-order valence-electron chi connectivity index (χ4n) is 2.53. The number of rotatable bonds is 6. The molecule has 0 spiro atoms. The van der Waals surface area contributed by atoms with E-state index < -0.39 is 6.04 Å². The maximum absolute atomic E-state index is 13.6. The summed E-state index contributed by atoms with van der Waals surface area (Å²) in [6.07, 6.45) is 0.430. The summed E-state index contributed by atoms with van der Waals surface area (Å²) < 4.78 is 15.7. The van der Waals surface area contributed by atoms with E-state index >= 15 is 0 Å². The number of halogens is 1. The van der Waals surface area contributed by atoms with E-state index in [1.54, 1.807) is 29.7 Å². The van der Waals surface area contributed by atoms with Gasteiger partial charge in [-0.25, -0.2) is 4.39 Å². The van der Waals surface area contributed by atoms with Gasteiger partial charge in [-0.3, -0.25) is 14.5 Å². The van der Waals surface area contributed by atoms with Gasteiger partial charge in [-0.2, -0.15) is 5.10 Å². The van der Waals surface area contributed by atoms with Gasteiger partial charge in [-0.15, -0.1) is 11.3 Å². The summed E-state index contributed by atoms with van der Waals surface area (Å²) in [6.45, 7) is 2.12. The highest BCUT2D eigenvalue weighted by molar-refractivity contribution is 7.71. The third-order valence-electron chi connectivity index (χ3n) is 3.86. The number of thiophene rings is 1. The normalized spacial score (nSPS) is 12.1.